The highest BCUT2D eigenvalue weighted by Gasteiger charge is 2.32. The molecule has 2 atom stereocenters. The van der Waals surface area contributed by atoms with Gasteiger partial charge in [0.1, 0.15) is 5.82 Å². The van der Waals surface area contributed by atoms with Gasteiger partial charge in [-0.3, -0.25) is 14.6 Å². The Labute approximate surface area is 166 Å². The molecule has 0 aromatic carbocycles. The summed E-state index contributed by atoms with van der Waals surface area (Å²) in [5.41, 5.74) is 7.09. The smallest absolute Gasteiger partial charge is 0.332 e. The number of amides is 3. The third kappa shape index (κ3) is 4.52. The van der Waals surface area contributed by atoms with Gasteiger partial charge in [-0.1, -0.05) is 36.8 Å². The molecular weight excluding hydrogens is 354 g/mol. The van der Waals surface area contributed by atoms with Crippen molar-refractivity contribution in [2.45, 2.75) is 31.7 Å². The van der Waals surface area contributed by atoms with Gasteiger partial charge in [-0.25, -0.2) is 4.79 Å². The van der Waals surface area contributed by atoms with Gasteiger partial charge in [-0.2, -0.15) is 5.26 Å². The molecule has 7 nitrogen and oxygen atoms in total. The highest BCUT2D eigenvalue weighted by atomic mass is 16.2. The second-order valence-electron chi connectivity index (χ2n) is 7.43. The summed E-state index contributed by atoms with van der Waals surface area (Å²) in [6, 6.07) is 1.91. The Bertz CT molecular complexity index is 789. The molecule has 2 aliphatic heterocycles. The van der Waals surface area contributed by atoms with Crippen LogP contribution in [0.2, 0.25) is 0 Å². The number of hydrogen-bond acceptors (Lipinski definition) is 5. The third-order valence-corrected chi connectivity index (χ3v) is 5.28. The van der Waals surface area contributed by atoms with Crippen molar-refractivity contribution in [3.05, 3.63) is 47.9 Å². The molecule has 0 saturated carbocycles. The fourth-order valence-corrected chi connectivity index (χ4v) is 3.72. The molecule has 3 rings (SSSR count). The molecule has 3 aliphatic rings. The molecule has 148 valence electrons. The Morgan fingerprint density at radius 1 is 1.29 bits per heavy atom. The van der Waals surface area contributed by atoms with E-state index in [1.807, 2.05) is 36.5 Å². The summed E-state index contributed by atoms with van der Waals surface area (Å²) < 4.78 is 0. The average Bonchev–Trinajstić information content (AvgIpc) is 3.08. The van der Waals surface area contributed by atoms with E-state index >= 15 is 0 Å². The fraction of sp³-hybridized carbons (Fsp3) is 0.476. The van der Waals surface area contributed by atoms with E-state index in [1.54, 1.807) is 4.90 Å². The largest absolute Gasteiger partial charge is 0.357 e. The Morgan fingerprint density at radius 2 is 2.11 bits per heavy atom. The van der Waals surface area contributed by atoms with Gasteiger partial charge >= 0.3 is 6.03 Å². The molecule has 0 aromatic heterocycles. The molecule has 1 fully saturated rings. The van der Waals surface area contributed by atoms with Gasteiger partial charge < -0.3 is 10.6 Å². The number of carbonyl (C=O) groups is 2. The van der Waals surface area contributed by atoms with Gasteiger partial charge in [0, 0.05) is 32.6 Å². The van der Waals surface area contributed by atoms with Crippen molar-refractivity contribution in [1.29, 1.82) is 5.26 Å². The van der Waals surface area contributed by atoms with Crippen LogP contribution in [-0.2, 0) is 4.79 Å². The highest BCUT2D eigenvalue weighted by Crippen LogP contribution is 2.24. The van der Waals surface area contributed by atoms with Crippen molar-refractivity contribution < 1.29 is 9.59 Å². The summed E-state index contributed by atoms with van der Waals surface area (Å²) >= 11 is 0. The molecule has 3 amide bonds. The summed E-state index contributed by atoms with van der Waals surface area (Å²) in [6.07, 6.45) is 14.3. The molecule has 2 unspecified atom stereocenters. The van der Waals surface area contributed by atoms with Crippen LogP contribution >= 0.6 is 0 Å². The number of carbonyl (C=O) groups excluding carboxylic acids is 2. The van der Waals surface area contributed by atoms with E-state index in [4.69, 9.17) is 5.73 Å². The zero-order chi connectivity index (χ0) is 20.1. The lowest BCUT2D eigenvalue weighted by molar-refractivity contribution is -0.126. The minimum atomic E-state index is -0.355. The van der Waals surface area contributed by atoms with Crippen LogP contribution in [0.5, 0.6) is 0 Å². The Hall–Kier alpha value is -2.85. The molecule has 0 spiro atoms. The van der Waals surface area contributed by atoms with Crippen molar-refractivity contribution in [2.24, 2.45) is 11.7 Å². The summed E-state index contributed by atoms with van der Waals surface area (Å²) in [4.78, 5) is 30.3. The molecule has 2 N–H and O–H groups in total. The topological polar surface area (TPSA) is 93.7 Å². The maximum atomic E-state index is 13.1. The lowest BCUT2D eigenvalue weighted by atomic mass is 10.1. The second-order valence-corrected chi connectivity index (χ2v) is 7.43. The second kappa shape index (κ2) is 8.89. The third-order valence-electron chi connectivity index (χ3n) is 5.28. The summed E-state index contributed by atoms with van der Waals surface area (Å²) in [6.45, 7) is 1.76. The minimum Gasteiger partial charge on any atom is -0.357 e. The Balaban J connectivity index is 1.93. The Morgan fingerprint density at radius 3 is 2.89 bits per heavy atom. The minimum absolute atomic E-state index is 0.0428. The van der Waals surface area contributed by atoms with Crippen LogP contribution < -0.4 is 5.73 Å². The van der Waals surface area contributed by atoms with E-state index in [-0.39, 0.29) is 30.3 Å². The number of imide groups is 1. The van der Waals surface area contributed by atoms with E-state index < -0.39 is 0 Å². The van der Waals surface area contributed by atoms with Crippen molar-refractivity contribution in [3.8, 4) is 6.07 Å². The standard InChI is InChI=1S/C21H27N5O2/c1-24-20(27)10-9-19(25-11-5-4-8-18(23)15-25)26(21(24)28)14-17-7-3-2-6-16(12-17)13-22/h2-3,6-7,9,12,16,18H,4-5,8,10-11,14-15,23H2,1H3. The molecule has 28 heavy (non-hydrogen) atoms. The van der Waals surface area contributed by atoms with Gasteiger partial charge in [0.2, 0.25) is 5.91 Å². The Kier molecular flexibility index (Phi) is 6.32. The SMILES string of the molecule is CN1C(=O)CC=C(N2CCCCC(N)C2)N(CC2=CC(C#N)C=CC=C2)C1=O. The monoisotopic (exact) mass is 381 g/mol. The first kappa shape index (κ1) is 19.9. The lowest BCUT2D eigenvalue weighted by Gasteiger charge is -2.35. The molecule has 0 bridgehead atoms. The predicted octanol–water partition coefficient (Wildman–Crippen LogP) is 2.12. The van der Waals surface area contributed by atoms with E-state index in [0.29, 0.717) is 13.1 Å². The van der Waals surface area contributed by atoms with Crippen LogP contribution in [0.4, 0.5) is 4.79 Å². The summed E-state index contributed by atoms with van der Waals surface area (Å²) in [5, 5.41) is 9.29. The first-order valence-electron chi connectivity index (χ1n) is 9.73. The van der Waals surface area contributed by atoms with E-state index in [1.165, 1.54) is 11.9 Å². The number of likely N-dealkylation sites (tertiary alicyclic amines) is 1. The molecule has 2 heterocycles. The average molecular weight is 381 g/mol. The van der Waals surface area contributed by atoms with Crippen LogP contribution in [-0.4, -0.2) is 59.4 Å². The maximum Gasteiger partial charge on any atom is 0.332 e. The molecule has 7 heteroatoms. The van der Waals surface area contributed by atoms with Gasteiger partial charge in [0.25, 0.3) is 0 Å². The van der Waals surface area contributed by atoms with Crippen molar-refractivity contribution in [3.63, 3.8) is 0 Å². The van der Waals surface area contributed by atoms with Gasteiger partial charge in [0.15, 0.2) is 0 Å². The van der Waals surface area contributed by atoms with Crippen LogP contribution in [0.1, 0.15) is 25.7 Å². The summed E-state index contributed by atoms with van der Waals surface area (Å²) in [7, 11) is 1.51. The van der Waals surface area contributed by atoms with Gasteiger partial charge in [-0.15, -0.1) is 0 Å². The van der Waals surface area contributed by atoms with Crippen LogP contribution in [0.25, 0.3) is 0 Å². The first-order chi connectivity index (χ1) is 13.5. The van der Waals surface area contributed by atoms with Gasteiger partial charge in [-0.05, 0) is 24.5 Å². The summed E-state index contributed by atoms with van der Waals surface area (Å²) in [5.74, 6) is 0.164. The van der Waals surface area contributed by atoms with Crippen LogP contribution in [0.3, 0.4) is 0 Å². The zero-order valence-electron chi connectivity index (χ0n) is 16.3. The number of urea groups is 1. The molecule has 1 aliphatic carbocycles. The van der Waals surface area contributed by atoms with Crippen molar-refractivity contribution in [1.82, 2.24) is 14.7 Å². The zero-order valence-corrected chi connectivity index (χ0v) is 16.3. The first-order valence-corrected chi connectivity index (χ1v) is 9.73. The predicted molar refractivity (Wildman–Crippen MR) is 106 cm³/mol. The molecule has 0 aromatic rings. The van der Waals surface area contributed by atoms with Crippen molar-refractivity contribution >= 4 is 11.9 Å². The quantitative estimate of drug-likeness (QED) is 0.808. The number of nitriles is 1. The fourth-order valence-electron chi connectivity index (χ4n) is 3.72. The van der Waals surface area contributed by atoms with Crippen LogP contribution in [0, 0.1) is 17.2 Å². The number of hydrogen-bond donors (Lipinski definition) is 1. The van der Waals surface area contributed by atoms with Gasteiger partial charge in [0.05, 0.1) is 18.5 Å². The number of nitrogens with two attached hydrogens (primary N) is 1. The highest BCUT2D eigenvalue weighted by molar-refractivity contribution is 5.96. The maximum absolute atomic E-state index is 13.1. The lowest BCUT2D eigenvalue weighted by Crippen LogP contribution is -2.47. The number of rotatable bonds is 3. The number of nitrogens with zero attached hydrogens (tertiary/aromatic N) is 4. The number of allylic oxidation sites excluding steroid dienone is 4. The van der Waals surface area contributed by atoms with E-state index in [0.717, 1.165) is 37.2 Å². The van der Waals surface area contributed by atoms with E-state index in [2.05, 4.69) is 11.0 Å². The molecular formula is C21H27N5O2. The van der Waals surface area contributed by atoms with E-state index in [9.17, 15) is 14.9 Å². The molecule has 1 saturated heterocycles. The normalized spacial score (nSPS) is 26.2. The molecule has 0 radical (unpaired) electrons. The van der Waals surface area contributed by atoms with Crippen LogP contribution in [0.15, 0.2) is 47.9 Å². The van der Waals surface area contributed by atoms with Crippen molar-refractivity contribution in [2.75, 3.05) is 26.7 Å².